The Morgan fingerprint density at radius 3 is 2.39 bits per heavy atom. The molecule has 1 N–H and O–H groups in total. The Morgan fingerprint density at radius 1 is 1.28 bits per heavy atom. The zero-order chi connectivity index (χ0) is 13.6. The van der Waals surface area contributed by atoms with Crippen LogP contribution in [0, 0.1) is 25.2 Å². The van der Waals surface area contributed by atoms with Gasteiger partial charge in [0, 0.05) is 0 Å². The highest BCUT2D eigenvalue weighted by atomic mass is 16.5. The lowest BCUT2D eigenvalue weighted by molar-refractivity contribution is 0.234. The van der Waals surface area contributed by atoms with Gasteiger partial charge in [-0.1, -0.05) is 13.0 Å². The first-order valence-corrected chi connectivity index (χ1v) is 6.36. The van der Waals surface area contributed by atoms with Crippen molar-refractivity contribution in [1.82, 2.24) is 5.32 Å². The zero-order valence-electron chi connectivity index (χ0n) is 11.7. The van der Waals surface area contributed by atoms with E-state index in [1.807, 2.05) is 32.9 Å². The lowest BCUT2D eigenvalue weighted by Crippen LogP contribution is -2.46. The molecule has 1 rings (SSSR count). The zero-order valence-corrected chi connectivity index (χ0v) is 11.7. The lowest BCUT2D eigenvalue weighted by atomic mass is 10.1. The van der Waals surface area contributed by atoms with Crippen LogP contribution in [0.3, 0.4) is 0 Å². The van der Waals surface area contributed by atoms with Gasteiger partial charge in [-0.05, 0) is 57.0 Å². The van der Waals surface area contributed by atoms with E-state index in [-0.39, 0.29) is 0 Å². The highest BCUT2D eigenvalue weighted by Crippen LogP contribution is 2.17. The average molecular weight is 246 g/mol. The molecule has 18 heavy (non-hydrogen) atoms. The van der Waals surface area contributed by atoms with Crippen LogP contribution in [0.25, 0.3) is 0 Å². The van der Waals surface area contributed by atoms with E-state index in [4.69, 9.17) is 4.74 Å². The molecule has 0 bridgehead atoms. The molecular weight excluding hydrogens is 224 g/mol. The molecule has 0 aliphatic carbocycles. The molecule has 0 fully saturated rings. The molecule has 0 amide bonds. The maximum atomic E-state index is 9.21. The molecule has 1 atom stereocenters. The van der Waals surface area contributed by atoms with Crippen LogP contribution in [0.2, 0.25) is 0 Å². The number of hydrogen-bond donors (Lipinski definition) is 1. The van der Waals surface area contributed by atoms with Crippen LogP contribution in [-0.2, 0) is 0 Å². The Labute approximate surface area is 110 Å². The number of nitrogens with zero attached hydrogens (tertiary/aromatic N) is 1. The lowest BCUT2D eigenvalue weighted by Gasteiger charge is -2.23. The first kappa shape index (κ1) is 14.5. The highest BCUT2D eigenvalue weighted by Gasteiger charge is 2.23. The molecule has 0 aliphatic rings. The summed E-state index contributed by atoms with van der Waals surface area (Å²) in [7, 11) is 0. The quantitative estimate of drug-likeness (QED) is 0.839. The van der Waals surface area contributed by atoms with Gasteiger partial charge in [-0.15, -0.1) is 0 Å². The van der Waals surface area contributed by atoms with E-state index >= 15 is 0 Å². The summed E-state index contributed by atoms with van der Waals surface area (Å²) in [6, 6.07) is 8.36. The third-order valence-electron chi connectivity index (χ3n) is 2.73. The van der Waals surface area contributed by atoms with Crippen molar-refractivity contribution in [3.8, 4) is 11.8 Å². The van der Waals surface area contributed by atoms with Gasteiger partial charge in [0.15, 0.2) is 0 Å². The first-order valence-electron chi connectivity index (χ1n) is 6.36. The number of rotatable bonds is 6. The molecule has 1 aromatic carbocycles. The summed E-state index contributed by atoms with van der Waals surface area (Å²) >= 11 is 0. The van der Waals surface area contributed by atoms with Crippen molar-refractivity contribution >= 4 is 0 Å². The minimum absolute atomic E-state index is 0.354. The van der Waals surface area contributed by atoms with Crippen LogP contribution in [0.15, 0.2) is 18.2 Å². The number of hydrogen-bond acceptors (Lipinski definition) is 3. The Bertz CT molecular complexity index is 416. The van der Waals surface area contributed by atoms with Gasteiger partial charge in [0.2, 0.25) is 0 Å². The maximum absolute atomic E-state index is 9.21. The van der Waals surface area contributed by atoms with E-state index in [1.165, 1.54) is 11.1 Å². The van der Waals surface area contributed by atoms with Gasteiger partial charge in [-0.25, -0.2) is 0 Å². The van der Waals surface area contributed by atoms with E-state index in [2.05, 4.69) is 24.4 Å². The predicted molar refractivity (Wildman–Crippen MR) is 73.7 cm³/mol. The van der Waals surface area contributed by atoms with Gasteiger partial charge in [-0.3, -0.25) is 5.32 Å². The Kier molecular flexibility index (Phi) is 5.18. The second-order valence-corrected chi connectivity index (χ2v) is 4.98. The molecule has 0 saturated heterocycles. The largest absolute Gasteiger partial charge is 0.491 e. The van der Waals surface area contributed by atoms with Crippen molar-refractivity contribution in [3.05, 3.63) is 29.3 Å². The molecule has 0 radical (unpaired) electrons. The summed E-state index contributed by atoms with van der Waals surface area (Å²) in [6.45, 7) is 9.20. The fourth-order valence-corrected chi connectivity index (χ4v) is 1.77. The van der Waals surface area contributed by atoms with E-state index < -0.39 is 5.54 Å². The topological polar surface area (TPSA) is 45.0 Å². The minimum atomic E-state index is -0.631. The number of benzene rings is 1. The van der Waals surface area contributed by atoms with Crippen molar-refractivity contribution in [3.63, 3.8) is 0 Å². The van der Waals surface area contributed by atoms with Crippen molar-refractivity contribution in [2.24, 2.45) is 0 Å². The molecule has 0 spiro atoms. The van der Waals surface area contributed by atoms with Crippen LogP contribution in [0.4, 0.5) is 0 Å². The molecular formula is C15H22N2O. The van der Waals surface area contributed by atoms with Crippen molar-refractivity contribution < 1.29 is 4.74 Å². The summed E-state index contributed by atoms with van der Waals surface area (Å²) in [5, 5.41) is 12.4. The van der Waals surface area contributed by atoms with E-state index in [9.17, 15) is 5.26 Å². The Hall–Kier alpha value is -1.53. The Balaban J connectivity index is 2.65. The van der Waals surface area contributed by atoms with Crippen molar-refractivity contribution in [1.29, 1.82) is 5.26 Å². The first-order chi connectivity index (χ1) is 8.49. The second-order valence-electron chi connectivity index (χ2n) is 4.98. The van der Waals surface area contributed by atoms with Gasteiger partial charge in [0.05, 0.1) is 6.07 Å². The fourth-order valence-electron chi connectivity index (χ4n) is 1.77. The van der Waals surface area contributed by atoms with E-state index in [0.717, 1.165) is 18.7 Å². The molecule has 0 aliphatic heterocycles. The number of nitriles is 1. The highest BCUT2D eigenvalue weighted by molar-refractivity contribution is 5.33. The summed E-state index contributed by atoms with van der Waals surface area (Å²) in [6.07, 6.45) is 1.00. The van der Waals surface area contributed by atoms with Crippen LogP contribution in [-0.4, -0.2) is 18.7 Å². The van der Waals surface area contributed by atoms with Crippen LogP contribution in [0.5, 0.6) is 5.75 Å². The predicted octanol–water partition coefficient (Wildman–Crippen LogP) is 2.96. The number of aryl methyl sites for hydroxylation is 2. The van der Waals surface area contributed by atoms with Gasteiger partial charge < -0.3 is 4.74 Å². The molecule has 0 saturated carbocycles. The smallest absolute Gasteiger partial charge is 0.138 e. The van der Waals surface area contributed by atoms with Gasteiger partial charge >= 0.3 is 0 Å². The van der Waals surface area contributed by atoms with E-state index in [0.29, 0.717) is 6.61 Å². The van der Waals surface area contributed by atoms with Crippen molar-refractivity contribution in [2.45, 2.75) is 39.7 Å². The van der Waals surface area contributed by atoms with Gasteiger partial charge in [0.1, 0.15) is 17.9 Å². The van der Waals surface area contributed by atoms with Gasteiger partial charge in [-0.2, -0.15) is 5.26 Å². The molecule has 1 unspecified atom stereocenters. The third kappa shape index (κ3) is 4.38. The summed E-state index contributed by atoms with van der Waals surface area (Å²) < 4.78 is 5.74. The fraction of sp³-hybridized carbons (Fsp3) is 0.533. The third-order valence-corrected chi connectivity index (χ3v) is 2.73. The standard InChI is InChI=1S/C15H22N2O/c1-5-6-17-15(4,10-16)11-18-14-8-12(2)7-13(3)9-14/h7-9,17H,5-6,11H2,1-4H3. The molecule has 1 aromatic rings. The van der Waals surface area contributed by atoms with Crippen molar-refractivity contribution in [2.75, 3.05) is 13.2 Å². The number of nitrogens with one attached hydrogen (secondary N) is 1. The summed E-state index contributed by atoms with van der Waals surface area (Å²) in [5.74, 6) is 0.826. The van der Waals surface area contributed by atoms with Crippen LogP contribution >= 0.6 is 0 Å². The normalized spacial score (nSPS) is 13.7. The molecule has 3 heteroatoms. The summed E-state index contributed by atoms with van der Waals surface area (Å²) in [5.41, 5.74) is 1.71. The number of ether oxygens (including phenoxy) is 1. The van der Waals surface area contributed by atoms with Crippen LogP contribution in [0.1, 0.15) is 31.4 Å². The molecule has 0 heterocycles. The molecule has 3 nitrogen and oxygen atoms in total. The summed E-state index contributed by atoms with van der Waals surface area (Å²) in [4.78, 5) is 0. The minimum Gasteiger partial charge on any atom is -0.491 e. The van der Waals surface area contributed by atoms with E-state index in [1.54, 1.807) is 0 Å². The molecule has 98 valence electrons. The molecule has 0 aromatic heterocycles. The van der Waals surface area contributed by atoms with Crippen LogP contribution < -0.4 is 10.1 Å². The second kappa shape index (κ2) is 6.42. The average Bonchev–Trinajstić information content (AvgIpc) is 2.33. The maximum Gasteiger partial charge on any atom is 0.138 e. The monoisotopic (exact) mass is 246 g/mol. The van der Waals surface area contributed by atoms with Gasteiger partial charge in [0.25, 0.3) is 0 Å². The SMILES string of the molecule is CCCNC(C)(C#N)COc1cc(C)cc(C)c1. The Morgan fingerprint density at radius 2 is 1.89 bits per heavy atom.